The molecule has 2 aliphatic rings. The standard InChI is InChI=1S/C28H32N4O4S/c1-20-19-22(12-13-24(20)30-37(35)25-11-5-7-21-8-6-14-29-26(21)25)27(33)31-15-17-32(18-16-31)28(34)36-23-9-3-2-4-10-23/h5-8,11-14,19,23,30H,2-4,9-10,15-18H2,1H3. The van der Waals surface area contributed by atoms with E-state index in [9.17, 15) is 13.8 Å². The molecule has 2 heterocycles. The van der Waals surface area contributed by atoms with Crippen LogP contribution in [0.3, 0.4) is 0 Å². The highest BCUT2D eigenvalue weighted by molar-refractivity contribution is 7.86. The molecule has 0 bridgehead atoms. The summed E-state index contributed by atoms with van der Waals surface area (Å²) >= 11 is 0. The molecule has 0 spiro atoms. The van der Waals surface area contributed by atoms with Crippen LogP contribution < -0.4 is 4.72 Å². The fourth-order valence-corrected chi connectivity index (χ4v) is 6.05. The number of hydrogen-bond donors (Lipinski definition) is 1. The number of piperazine rings is 1. The van der Waals surface area contributed by atoms with Crippen LogP contribution in [-0.4, -0.2) is 63.3 Å². The predicted octanol–water partition coefficient (Wildman–Crippen LogP) is 4.91. The molecule has 1 saturated carbocycles. The monoisotopic (exact) mass is 520 g/mol. The number of carbonyl (C=O) groups excluding carboxylic acids is 2. The summed E-state index contributed by atoms with van der Waals surface area (Å²) in [6, 6.07) is 14.7. The summed E-state index contributed by atoms with van der Waals surface area (Å²) in [7, 11) is -1.51. The van der Waals surface area contributed by atoms with Gasteiger partial charge in [0.15, 0.2) is 11.0 Å². The normalized spacial score (nSPS) is 17.4. The van der Waals surface area contributed by atoms with Crippen LogP contribution in [0, 0.1) is 6.92 Å². The number of nitrogens with one attached hydrogen (secondary N) is 1. The van der Waals surface area contributed by atoms with Crippen molar-refractivity contribution in [1.82, 2.24) is 14.8 Å². The highest BCUT2D eigenvalue weighted by Crippen LogP contribution is 2.24. The predicted molar refractivity (Wildman–Crippen MR) is 144 cm³/mol. The molecule has 37 heavy (non-hydrogen) atoms. The highest BCUT2D eigenvalue weighted by atomic mass is 32.2. The van der Waals surface area contributed by atoms with Gasteiger partial charge in [0, 0.05) is 49.0 Å². The van der Waals surface area contributed by atoms with E-state index in [1.165, 1.54) is 6.42 Å². The molecule has 1 unspecified atom stereocenters. The second kappa shape index (κ2) is 11.3. The molecule has 1 aliphatic heterocycles. The third-order valence-electron chi connectivity index (χ3n) is 7.12. The van der Waals surface area contributed by atoms with Gasteiger partial charge < -0.3 is 19.3 Å². The summed E-state index contributed by atoms with van der Waals surface area (Å²) in [6.07, 6.45) is 6.79. The minimum Gasteiger partial charge on any atom is -0.446 e. The molecule has 9 heteroatoms. The molecule has 8 nitrogen and oxygen atoms in total. The Hall–Kier alpha value is -3.46. The number of hydrogen-bond acceptors (Lipinski definition) is 5. The van der Waals surface area contributed by atoms with Gasteiger partial charge in [-0.2, -0.15) is 0 Å². The van der Waals surface area contributed by atoms with Crippen LogP contribution in [0.4, 0.5) is 10.5 Å². The molecular weight excluding hydrogens is 488 g/mol. The average molecular weight is 521 g/mol. The van der Waals surface area contributed by atoms with E-state index in [0.717, 1.165) is 36.6 Å². The third-order valence-corrected chi connectivity index (χ3v) is 8.25. The maximum absolute atomic E-state index is 13.1. The summed E-state index contributed by atoms with van der Waals surface area (Å²) in [5, 5.41) is 0.926. The van der Waals surface area contributed by atoms with Crippen molar-refractivity contribution in [3.63, 3.8) is 0 Å². The molecule has 2 aromatic carbocycles. The van der Waals surface area contributed by atoms with Crippen LogP contribution in [0.1, 0.15) is 48.0 Å². The van der Waals surface area contributed by atoms with Crippen LogP contribution in [0.5, 0.6) is 0 Å². The number of fused-ring (bicyclic) bond motifs is 1. The van der Waals surface area contributed by atoms with Gasteiger partial charge in [0.2, 0.25) is 0 Å². The number of amides is 2. The van der Waals surface area contributed by atoms with Gasteiger partial charge in [0.1, 0.15) is 6.10 Å². The third kappa shape index (κ3) is 5.77. The van der Waals surface area contributed by atoms with Gasteiger partial charge >= 0.3 is 6.09 Å². The minimum absolute atomic E-state index is 0.0298. The Labute approximate surface area is 219 Å². The number of pyridine rings is 1. The molecule has 1 aromatic heterocycles. The highest BCUT2D eigenvalue weighted by Gasteiger charge is 2.28. The zero-order valence-corrected chi connectivity index (χ0v) is 21.8. The van der Waals surface area contributed by atoms with E-state index in [1.807, 2.05) is 37.3 Å². The second-order valence-corrected chi connectivity index (χ2v) is 10.8. The van der Waals surface area contributed by atoms with E-state index in [1.54, 1.807) is 34.2 Å². The van der Waals surface area contributed by atoms with Gasteiger partial charge in [-0.1, -0.05) is 24.6 Å². The zero-order valence-electron chi connectivity index (χ0n) is 21.0. The Morgan fingerprint density at radius 1 is 0.973 bits per heavy atom. The summed E-state index contributed by atoms with van der Waals surface area (Å²) in [4.78, 5) is 34.1. The molecule has 0 radical (unpaired) electrons. The summed E-state index contributed by atoms with van der Waals surface area (Å²) in [5.41, 5.74) is 2.78. The van der Waals surface area contributed by atoms with Crippen molar-refractivity contribution in [3.05, 3.63) is 65.9 Å². The van der Waals surface area contributed by atoms with Crippen molar-refractivity contribution in [3.8, 4) is 0 Å². The first-order valence-electron chi connectivity index (χ1n) is 12.9. The quantitative estimate of drug-likeness (QED) is 0.516. The number of para-hydroxylation sites is 1. The van der Waals surface area contributed by atoms with E-state index >= 15 is 0 Å². The van der Waals surface area contributed by atoms with Crippen molar-refractivity contribution in [1.29, 1.82) is 0 Å². The summed E-state index contributed by atoms with van der Waals surface area (Å²) in [6.45, 7) is 3.75. The van der Waals surface area contributed by atoms with Crippen LogP contribution >= 0.6 is 0 Å². The Morgan fingerprint density at radius 2 is 1.70 bits per heavy atom. The second-order valence-electron chi connectivity index (χ2n) is 9.65. The maximum atomic E-state index is 13.1. The molecule has 5 rings (SSSR count). The van der Waals surface area contributed by atoms with Gasteiger partial charge in [-0.15, -0.1) is 0 Å². The first-order chi connectivity index (χ1) is 18.0. The molecule has 2 amide bonds. The molecular formula is C28H32N4O4S. The van der Waals surface area contributed by atoms with Crippen molar-refractivity contribution >= 4 is 39.6 Å². The number of aryl methyl sites for hydroxylation is 1. The molecule has 1 aliphatic carbocycles. The van der Waals surface area contributed by atoms with E-state index in [4.69, 9.17) is 4.74 Å². The Balaban J connectivity index is 1.19. The van der Waals surface area contributed by atoms with Gasteiger partial charge in [0.05, 0.1) is 10.4 Å². The maximum Gasteiger partial charge on any atom is 0.410 e. The molecule has 3 aromatic rings. The van der Waals surface area contributed by atoms with Gasteiger partial charge in [-0.05, 0) is 68.5 Å². The van der Waals surface area contributed by atoms with Gasteiger partial charge in [0.25, 0.3) is 5.91 Å². The lowest BCUT2D eigenvalue weighted by atomic mass is 9.98. The SMILES string of the molecule is Cc1cc(C(=O)N2CCN(C(=O)OC3CCCCC3)CC2)ccc1NS(=O)c1cccc2cccnc12. The summed E-state index contributed by atoms with van der Waals surface area (Å²) in [5.74, 6) is -0.0747. The van der Waals surface area contributed by atoms with Crippen molar-refractivity contribution in [2.75, 3.05) is 30.9 Å². The summed E-state index contributed by atoms with van der Waals surface area (Å²) < 4.78 is 21.8. The van der Waals surface area contributed by atoms with E-state index in [2.05, 4.69) is 9.71 Å². The lowest BCUT2D eigenvalue weighted by Gasteiger charge is -2.35. The van der Waals surface area contributed by atoms with Gasteiger partial charge in [-0.25, -0.2) is 9.00 Å². The van der Waals surface area contributed by atoms with Crippen molar-refractivity contribution in [2.24, 2.45) is 0 Å². The number of carbonyl (C=O) groups is 2. The van der Waals surface area contributed by atoms with Crippen molar-refractivity contribution in [2.45, 2.75) is 50.0 Å². The number of rotatable bonds is 5. The Kier molecular flexibility index (Phi) is 7.69. The fraction of sp³-hybridized carbons (Fsp3) is 0.393. The largest absolute Gasteiger partial charge is 0.446 e. The van der Waals surface area contributed by atoms with Crippen LogP contribution in [0.15, 0.2) is 59.6 Å². The van der Waals surface area contributed by atoms with Crippen LogP contribution in [0.2, 0.25) is 0 Å². The molecule has 194 valence electrons. The van der Waals surface area contributed by atoms with E-state index in [0.29, 0.717) is 47.8 Å². The molecule has 1 saturated heterocycles. The number of benzene rings is 2. The van der Waals surface area contributed by atoms with E-state index in [-0.39, 0.29) is 18.1 Å². The Bertz CT molecular complexity index is 1310. The fourth-order valence-electron chi connectivity index (χ4n) is 4.97. The average Bonchev–Trinajstić information content (AvgIpc) is 2.94. The number of anilines is 1. The minimum atomic E-state index is -1.51. The van der Waals surface area contributed by atoms with E-state index < -0.39 is 11.0 Å². The molecule has 1 N–H and O–H groups in total. The lowest BCUT2D eigenvalue weighted by molar-refractivity contribution is 0.0306. The van der Waals surface area contributed by atoms with Crippen molar-refractivity contribution < 1.29 is 18.5 Å². The van der Waals surface area contributed by atoms with Crippen LogP contribution in [-0.2, 0) is 15.7 Å². The number of aromatic nitrogens is 1. The lowest BCUT2D eigenvalue weighted by Crippen LogP contribution is -2.51. The molecule has 2 fully saturated rings. The first kappa shape index (κ1) is 25.2. The Morgan fingerprint density at radius 3 is 2.46 bits per heavy atom. The van der Waals surface area contributed by atoms with Gasteiger partial charge in [-0.3, -0.25) is 9.78 Å². The smallest absolute Gasteiger partial charge is 0.410 e. The topological polar surface area (TPSA) is 91.8 Å². The first-order valence-corrected chi connectivity index (χ1v) is 14.0. The zero-order chi connectivity index (χ0) is 25.8. The van der Waals surface area contributed by atoms with Crippen LogP contribution in [0.25, 0.3) is 10.9 Å². The number of ether oxygens (including phenoxy) is 1. The number of nitrogens with zero attached hydrogens (tertiary/aromatic N) is 3. The molecule has 1 atom stereocenters.